The van der Waals surface area contributed by atoms with E-state index in [4.69, 9.17) is 9.84 Å². The van der Waals surface area contributed by atoms with Crippen LogP contribution in [0.2, 0.25) is 0 Å². The van der Waals surface area contributed by atoms with Gasteiger partial charge in [0.05, 0.1) is 11.1 Å². The van der Waals surface area contributed by atoms with E-state index >= 15 is 4.39 Å². The van der Waals surface area contributed by atoms with Crippen molar-refractivity contribution in [1.29, 1.82) is 0 Å². The van der Waals surface area contributed by atoms with E-state index in [9.17, 15) is 22.4 Å². The molecule has 0 aliphatic rings. The van der Waals surface area contributed by atoms with Crippen molar-refractivity contribution in [3.63, 3.8) is 0 Å². The number of carbonyl (C=O) groups is 1. The van der Waals surface area contributed by atoms with Gasteiger partial charge in [-0.05, 0) is 41.8 Å². The first-order chi connectivity index (χ1) is 19.0. The van der Waals surface area contributed by atoms with Crippen molar-refractivity contribution in [2.24, 2.45) is 0 Å². The molecule has 2 aromatic heterocycles. The number of imidazole rings is 1. The van der Waals surface area contributed by atoms with Crippen LogP contribution in [-0.2, 0) is 16.6 Å². The number of fused-ring (bicyclic) bond motifs is 1. The van der Waals surface area contributed by atoms with Crippen molar-refractivity contribution in [3.8, 4) is 22.9 Å². The number of halogens is 5. The summed E-state index contributed by atoms with van der Waals surface area (Å²) in [6.07, 6.45) is 2.44. The van der Waals surface area contributed by atoms with Gasteiger partial charge in [-0.2, -0.15) is 4.39 Å². The van der Waals surface area contributed by atoms with Crippen LogP contribution in [0.5, 0.6) is 11.5 Å². The Kier molecular flexibility index (Phi) is 6.82. The SMILES string of the molecule is CC(C)(c1cnc(-c2cc(Oc3c(F)c(F)c4[nH]ccc4c3F)ccc2F)[nH]1)c1cccc(CCC(=O)O)c1F. The molecule has 206 valence electrons. The predicted octanol–water partition coefficient (Wildman–Crippen LogP) is 7.39. The second-order valence-corrected chi connectivity index (χ2v) is 9.72. The lowest BCUT2D eigenvalue weighted by Gasteiger charge is -2.25. The lowest BCUT2D eigenvalue weighted by molar-refractivity contribution is -0.136. The Hall–Kier alpha value is -4.67. The topological polar surface area (TPSA) is 91.0 Å². The summed E-state index contributed by atoms with van der Waals surface area (Å²) in [5, 5.41) is 8.74. The molecule has 3 N–H and O–H groups in total. The number of rotatable bonds is 8. The molecule has 0 atom stereocenters. The lowest BCUT2D eigenvalue weighted by Crippen LogP contribution is -2.22. The highest BCUT2D eigenvalue weighted by Crippen LogP contribution is 2.38. The maximum absolute atomic E-state index is 15.3. The summed E-state index contributed by atoms with van der Waals surface area (Å²) >= 11 is 0. The summed E-state index contributed by atoms with van der Waals surface area (Å²) < 4.78 is 79.4. The van der Waals surface area contributed by atoms with Crippen molar-refractivity contribution in [1.82, 2.24) is 15.0 Å². The molecule has 0 fully saturated rings. The van der Waals surface area contributed by atoms with Gasteiger partial charge >= 0.3 is 5.97 Å². The van der Waals surface area contributed by atoms with Crippen LogP contribution in [0, 0.1) is 29.1 Å². The normalized spacial score (nSPS) is 11.8. The van der Waals surface area contributed by atoms with Gasteiger partial charge in [0.15, 0.2) is 11.6 Å². The molecule has 6 nitrogen and oxygen atoms in total. The Bertz CT molecular complexity index is 1760. The number of hydrogen-bond acceptors (Lipinski definition) is 3. The zero-order chi connectivity index (χ0) is 28.8. The fraction of sp³-hybridized carbons (Fsp3) is 0.172. The van der Waals surface area contributed by atoms with Gasteiger partial charge in [0, 0.05) is 35.3 Å². The number of carboxylic acids is 1. The Morgan fingerprint density at radius 3 is 2.52 bits per heavy atom. The van der Waals surface area contributed by atoms with Crippen molar-refractivity contribution < 1.29 is 36.6 Å². The Morgan fingerprint density at radius 1 is 1.00 bits per heavy atom. The van der Waals surface area contributed by atoms with Crippen LogP contribution >= 0.6 is 0 Å². The smallest absolute Gasteiger partial charge is 0.303 e. The van der Waals surface area contributed by atoms with Crippen LogP contribution in [0.1, 0.15) is 37.1 Å². The molecule has 0 saturated heterocycles. The molecule has 40 heavy (non-hydrogen) atoms. The van der Waals surface area contributed by atoms with Crippen molar-refractivity contribution in [2.75, 3.05) is 0 Å². The van der Waals surface area contributed by atoms with Gasteiger partial charge in [0.1, 0.15) is 23.2 Å². The highest BCUT2D eigenvalue weighted by Gasteiger charge is 2.30. The summed E-state index contributed by atoms with van der Waals surface area (Å²) in [6.45, 7) is 3.44. The molecule has 2 heterocycles. The summed E-state index contributed by atoms with van der Waals surface area (Å²) in [7, 11) is 0. The average molecular weight is 556 g/mol. The predicted molar refractivity (Wildman–Crippen MR) is 137 cm³/mol. The third kappa shape index (κ3) is 4.67. The second kappa shape index (κ2) is 10.1. The molecule has 5 rings (SSSR count). The number of aryl methyl sites for hydroxylation is 1. The van der Waals surface area contributed by atoms with Gasteiger partial charge in [-0.1, -0.05) is 32.0 Å². The number of H-pyrrole nitrogens is 2. The Morgan fingerprint density at radius 2 is 1.77 bits per heavy atom. The standard InChI is InChI=1S/C29H22F5N3O3/c1-29(2,18-5-3-4-14(22(18)31)6-9-21(38)39)20-13-36-28(37-20)17-12-15(7-8-19(17)30)40-27-23(32)16-10-11-35-26(16)24(33)25(27)34/h3-5,7-8,10-13,35H,6,9H2,1-2H3,(H,36,37)(H,38,39). The van der Waals surface area contributed by atoms with E-state index in [1.807, 2.05) is 0 Å². The number of nitrogens with one attached hydrogen (secondary N) is 2. The minimum Gasteiger partial charge on any atom is -0.481 e. The van der Waals surface area contributed by atoms with Crippen LogP contribution < -0.4 is 4.74 Å². The third-order valence-electron chi connectivity index (χ3n) is 6.82. The lowest BCUT2D eigenvalue weighted by atomic mass is 9.80. The van der Waals surface area contributed by atoms with Crippen LogP contribution in [-0.4, -0.2) is 26.0 Å². The van der Waals surface area contributed by atoms with Crippen LogP contribution in [0.15, 0.2) is 54.9 Å². The monoisotopic (exact) mass is 555 g/mol. The Labute approximate surface area is 224 Å². The van der Waals surface area contributed by atoms with E-state index in [2.05, 4.69) is 15.0 Å². The molecule has 0 amide bonds. The van der Waals surface area contributed by atoms with Gasteiger partial charge in [0.2, 0.25) is 11.6 Å². The van der Waals surface area contributed by atoms with Gasteiger partial charge in [0.25, 0.3) is 0 Å². The van der Waals surface area contributed by atoms with Crippen molar-refractivity contribution >= 4 is 16.9 Å². The first-order valence-electron chi connectivity index (χ1n) is 12.2. The minimum absolute atomic E-state index is 0.0133. The fourth-order valence-corrected chi connectivity index (χ4v) is 4.54. The summed E-state index contributed by atoms with van der Waals surface area (Å²) in [6, 6.07) is 9.22. The molecule has 0 unspecified atom stereocenters. The summed E-state index contributed by atoms with van der Waals surface area (Å²) in [5.74, 6) is -7.47. The number of nitrogens with zero attached hydrogens (tertiary/aromatic N) is 1. The van der Waals surface area contributed by atoms with Crippen LogP contribution in [0.4, 0.5) is 22.0 Å². The van der Waals surface area contributed by atoms with E-state index in [0.717, 1.165) is 18.2 Å². The molecule has 0 aliphatic carbocycles. The molecule has 3 aromatic carbocycles. The molecular formula is C29H22F5N3O3. The van der Waals surface area contributed by atoms with E-state index in [0.29, 0.717) is 5.69 Å². The van der Waals surface area contributed by atoms with Crippen molar-refractivity contribution in [3.05, 3.63) is 101 Å². The summed E-state index contributed by atoms with van der Waals surface area (Å²) in [4.78, 5) is 20.5. The number of carboxylic acid groups (broad SMARTS) is 1. The number of aromatic nitrogens is 3. The second-order valence-electron chi connectivity index (χ2n) is 9.72. The zero-order valence-corrected chi connectivity index (χ0v) is 21.2. The van der Waals surface area contributed by atoms with E-state index in [1.54, 1.807) is 26.0 Å². The first kappa shape index (κ1) is 26.9. The Balaban J connectivity index is 1.47. The molecule has 0 bridgehead atoms. The highest BCUT2D eigenvalue weighted by molar-refractivity contribution is 5.82. The molecule has 0 aliphatic heterocycles. The van der Waals surface area contributed by atoms with Gasteiger partial charge in [-0.3, -0.25) is 4.79 Å². The maximum Gasteiger partial charge on any atom is 0.303 e. The first-order valence-corrected chi connectivity index (χ1v) is 12.2. The zero-order valence-electron chi connectivity index (χ0n) is 21.2. The number of ether oxygens (including phenoxy) is 1. The number of aromatic amines is 2. The molecule has 0 radical (unpaired) electrons. The maximum atomic E-state index is 15.3. The quantitative estimate of drug-likeness (QED) is 0.138. The van der Waals surface area contributed by atoms with Crippen LogP contribution in [0.25, 0.3) is 22.3 Å². The number of aliphatic carboxylic acids is 1. The molecule has 0 saturated carbocycles. The largest absolute Gasteiger partial charge is 0.481 e. The average Bonchev–Trinajstić information content (AvgIpc) is 3.61. The third-order valence-corrected chi connectivity index (χ3v) is 6.82. The van der Waals surface area contributed by atoms with E-state index in [1.165, 1.54) is 24.5 Å². The van der Waals surface area contributed by atoms with Gasteiger partial charge < -0.3 is 19.8 Å². The van der Waals surface area contributed by atoms with E-state index < -0.39 is 46.2 Å². The van der Waals surface area contributed by atoms with Gasteiger partial charge in [-0.25, -0.2) is 22.5 Å². The molecular weight excluding hydrogens is 533 g/mol. The van der Waals surface area contributed by atoms with Gasteiger partial charge in [-0.15, -0.1) is 0 Å². The summed E-state index contributed by atoms with van der Waals surface area (Å²) in [5.41, 5.74) is -0.515. The van der Waals surface area contributed by atoms with Crippen LogP contribution in [0.3, 0.4) is 0 Å². The number of hydrogen-bond donors (Lipinski definition) is 3. The molecule has 11 heteroatoms. The number of benzene rings is 3. The highest BCUT2D eigenvalue weighted by atomic mass is 19.2. The molecule has 0 spiro atoms. The fourth-order valence-electron chi connectivity index (χ4n) is 4.54. The van der Waals surface area contributed by atoms with E-state index in [-0.39, 0.29) is 52.0 Å². The minimum atomic E-state index is -1.55. The van der Waals surface area contributed by atoms with Crippen molar-refractivity contribution in [2.45, 2.75) is 32.1 Å². The molecule has 5 aromatic rings.